The van der Waals surface area contributed by atoms with Crippen LogP contribution in [0.3, 0.4) is 0 Å². The molecule has 2 nitrogen and oxygen atoms in total. The Bertz CT molecular complexity index is 427. The Morgan fingerprint density at radius 2 is 1.88 bits per heavy atom. The van der Waals surface area contributed by atoms with Crippen LogP contribution in [0.25, 0.3) is 0 Å². The van der Waals surface area contributed by atoms with Crippen LogP contribution in [0, 0.1) is 11.3 Å². The summed E-state index contributed by atoms with van der Waals surface area (Å²) in [5.41, 5.74) is 3.86. The number of para-hydroxylation sites is 1. The van der Waals surface area contributed by atoms with Crippen LogP contribution in [-0.2, 0) is 0 Å². The van der Waals surface area contributed by atoms with Crippen LogP contribution in [0.1, 0.15) is 20.8 Å². The van der Waals surface area contributed by atoms with Crippen LogP contribution < -0.4 is 5.32 Å². The second-order valence-electron chi connectivity index (χ2n) is 4.35. The summed E-state index contributed by atoms with van der Waals surface area (Å²) in [5.74, 6) is 0.346. The Balaban J connectivity index is 2.95. The van der Waals surface area contributed by atoms with E-state index in [2.05, 4.69) is 25.7 Å². The van der Waals surface area contributed by atoms with Gasteiger partial charge in [-0.05, 0) is 30.5 Å². The van der Waals surface area contributed by atoms with E-state index < -0.39 is 0 Å². The summed E-state index contributed by atoms with van der Waals surface area (Å²) in [7, 11) is 0. The van der Waals surface area contributed by atoms with Crippen LogP contribution in [0.2, 0.25) is 0 Å². The van der Waals surface area contributed by atoms with Crippen LogP contribution in [0.4, 0.5) is 5.69 Å². The third-order valence-electron chi connectivity index (χ3n) is 2.70. The van der Waals surface area contributed by atoms with Gasteiger partial charge in [-0.2, -0.15) is 0 Å². The Labute approximate surface area is 104 Å². The van der Waals surface area contributed by atoms with Crippen molar-refractivity contribution in [1.29, 1.82) is 5.41 Å². The highest BCUT2D eigenvalue weighted by Gasteiger charge is 2.08. The van der Waals surface area contributed by atoms with Crippen molar-refractivity contribution in [2.75, 3.05) is 5.32 Å². The molecule has 0 saturated carbocycles. The summed E-state index contributed by atoms with van der Waals surface area (Å²) in [6.45, 7) is 10.2. The molecule has 90 valence electrons. The number of hydrogen-bond acceptors (Lipinski definition) is 2. The van der Waals surface area contributed by atoms with Gasteiger partial charge in [-0.15, -0.1) is 0 Å². The van der Waals surface area contributed by atoms with Crippen molar-refractivity contribution in [2.24, 2.45) is 5.92 Å². The minimum absolute atomic E-state index is 0.346. The standard InChI is InChI=1S/C15H20N2/c1-11(2)12(3)15(10-16)13(4)17-14-8-6-5-7-9-14/h5-11,16-17H,3H2,1-2,4H3/b15-13+,16-10?. The van der Waals surface area contributed by atoms with Gasteiger partial charge in [-0.25, -0.2) is 0 Å². The molecule has 0 bridgehead atoms. The van der Waals surface area contributed by atoms with E-state index in [4.69, 9.17) is 5.41 Å². The van der Waals surface area contributed by atoms with E-state index in [1.54, 1.807) is 0 Å². The zero-order chi connectivity index (χ0) is 12.8. The van der Waals surface area contributed by atoms with Gasteiger partial charge in [0.2, 0.25) is 0 Å². The minimum atomic E-state index is 0.346. The van der Waals surface area contributed by atoms with Gasteiger partial charge in [0, 0.05) is 23.2 Å². The van der Waals surface area contributed by atoms with E-state index in [1.807, 2.05) is 37.3 Å². The maximum absolute atomic E-state index is 7.50. The number of rotatable bonds is 5. The minimum Gasteiger partial charge on any atom is -0.359 e. The number of nitrogens with one attached hydrogen (secondary N) is 2. The monoisotopic (exact) mass is 228 g/mol. The highest BCUT2D eigenvalue weighted by atomic mass is 14.9. The summed E-state index contributed by atoms with van der Waals surface area (Å²) in [6.07, 6.45) is 1.37. The fourth-order valence-corrected chi connectivity index (χ4v) is 1.56. The van der Waals surface area contributed by atoms with E-state index in [0.717, 1.165) is 22.5 Å². The molecular weight excluding hydrogens is 208 g/mol. The van der Waals surface area contributed by atoms with Crippen molar-refractivity contribution in [1.82, 2.24) is 0 Å². The predicted octanol–water partition coefficient (Wildman–Crippen LogP) is 4.23. The summed E-state index contributed by atoms with van der Waals surface area (Å²) < 4.78 is 0. The van der Waals surface area contributed by atoms with Gasteiger partial charge in [0.25, 0.3) is 0 Å². The number of allylic oxidation sites excluding steroid dienone is 3. The van der Waals surface area contributed by atoms with E-state index in [9.17, 15) is 0 Å². The molecule has 0 aliphatic heterocycles. The molecule has 1 aromatic rings. The summed E-state index contributed by atoms with van der Waals surface area (Å²) in [4.78, 5) is 0. The molecular formula is C15H20N2. The van der Waals surface area contributed by atoms with Gasteiger partial charge < -0.3 is 10.7 Å². The highest BCUT2D eigenvalue weighted by molar-refractivity contribution is 5.84. The molecule has 17 heavy (non-hydrogen) atoms. The molecule has 1 rings (SSSR count). The maximum Gasteiger partial charge on any atom is 0.0381 e. The molecule has 0 aromatic heterocycles. The molecule has 0 atom stereocenters. The normalized spacial score (nSPS) is 12.0. The van der Waals surface area contributed by atoms with Crippen molar-refractivity contribution in [2.45, 2.75) is 20.8 Å². The van der Waals surface area contributed by atoms with Gasteiger partial charge in [0.1, 0.15) is 0 Å². The zero-order valence-electron chi connectivity index (χ0n) is 10.7. The van der Waals surface area contributed by atoms with Crippen LogP contribution >= 0.6 is 0 Å². The third kappa shape index (κ3) is 3.59. The average molecular weight is 228 g/mol. The molecule has 1 aromatic carbocycles. The van der Waals surface area contributed by atoms with Crippen molar-refractivity contribution in [3.63, 3.8) is 0 Å². The fraction of sp³-hybridized carbons (Fsp3) is 0.267. The Morgan fingerprint density at radius 1 is 1.29 bits per heavy atom. The zero-order valence-corrected chi connectivity index (χ0v) is 10.7. The third-order valence-corrected chi connectivity index (χ3v) is 2.70. The SMILES string of the molecule is C=C(/C(C=N)=C(\C)Nc1ccccc1)C(C)C. The summed E-state index contributed by atoms with van der Waals surface area (Å²) >= 11 is 0. The molecule has 0 fully saturated rings. The lowest BCUT2D eigenvalue weighted by molar-refractivity contribution is 0.787. The van der Waals surface area contributed by atoms with Crippen molar-refractivity contribution in [3.05, 3.63) is 53.8 Å². The van der Waals surface area contributed by atoms with Crippen molar-refractivity contribution >= 4 is 11.9 Å². The second kappa shape index (κ2) is 6.04. The van der Waals surface area contributed by atoms with Gasteiger partial charge in [-0.1, -0.05) is 38.6 Å². The largest absolute Gasteiger partial charge is 0.359 e. The number of benzene rings is 1. The van der Waals surface area contributed by atoms with E-state index in [0.29, 0.717) is 5.92 Å². The predicted molar refractivity (Wildman–Crippen MR) is 75.5 cm³/mol. The average Bonchev–Trinajstić information content (AvgIpc) is 2.30. The Hall–Kier alpha value is -1.83. The molecule has 0 unspecified atom stereocenters. The lowest BCUT2D eigenvalue weighted by Gasteiger charge is -2.15. The molecule has 2 heteroatoms. The molecule has 0 aliphatic carbocycles. The maximum atomic E-state index is 7.50. The lowest BCUT2D eigenvalue weighted by Crippen LogP contribution is -2.06. The second-order valence-corrected chi connectivity index (χ2v) is 4.35. The summed E-state index contributed by atoms with van der Waals surface area (Å²) in [6, 6.07) is 9.95. The van der Waals surface area contributed by atoms with Gasteiger partial charge in [0.05, 0.1) is 0 Å². The van der Waals surface area contributed by atoms with Crippen molar-refractivity contribution < 1.29 is 0 Å². The van der Waals surface area contributed by atoms with Crippen molar-refractivity contribution in [3.8, 4) is 0 Å². The van der Waals surface area contributed by atoms with Gasteiger partial charge in [0.15, 0.2) is 0 Å². The number of hydrogen-bond donors (Lipinski definition) is 2. The van der Waals surface area contributed by atoms with Gasteiger partial charge in [-0.3, -0.25) is 0 Å². The lowest BCUT2D eigenvalue weighted by atomic mass is 9.96. The first-order valence-corrected chi connectivity index (χ1v) is 5.78. The fourth-order valence-electron chi connectivity index (χ4n) is 1.56. The van der Waals surface area contributed by atoms with E-state index in [1.165, 1.54) is 6.21 Å². The molecule has 0 radical (unpaired) electrons. The quantitative estimate of drug-likeness (QED) is 0.574. The molecule has 0 saturated heterocycles. The highest BCUT2D eigenvalue weighted by Crippen LogP contribution is 2.20. The van der Waals surface area contributed by atoms with Crippen LogP contribution in [-0.4, -0.2) is 6.21 Å². The Kier molecular flexibility index (Phi) is 4.70. The van der Waals surface area contributed by atoms with Gasteiger partial charge >= 0.3 is 0 Å². The Morgan fingerprint density at radius 3 is 2.35 bits per heavy atom. The molecule has 0 amide bonds. The molecule has 0 spiro atoms. The topological polar surface area (TPSA) is 35.9 Å². The first kappa shape index (κ1) is 13.2. The van der Waals surface area contributed by atoms with E-state index in [-0.39, 0.29) is 0 Å². The van der Waals surface area contributed by atoms with Crippen LogP contribution in [0.15, 0.2) is 53.8 Å². The van der Waals surface area contributed by atoms with Crippen LogP contribution in [0.5, 0.6) is 0 Å². The smallest absolute Gasteiger partial charge is 0.0381 e. The first-order chi connectivity index (χ1) is 8.06. The number of anilines is 1. The first-order valence-electron chi connectivity index (χ1n) is 5.78. The molecule has 2 N–H and O–H groups in total. The molecule has 0 aliphatic rings. The molecule has 0 heterocycles. The summed E-state index contributed by atoms with van der Waals surface area (Å²) in [5, 5.41) is 10.8. The van der Waals surface area contributed by atoms with E-state index >= 15 is 0 Å².